The van der Waals surface area contributed by atoms with Crippen LogP contribution >= 0.6 is 15.9 Å². The minimum atomic E-state index is 0.777. The number of aromatic nitrogens is 1. The summed E-state index contributed by atoms with van der Waals surface area (Å²) in [6.07, 6.45) is 1.87. The van der Waals surface area contributed by atoms with E-state index >= 15 is 0 Å². The molecule has 0 atom stereocenters. The largest absolute Gasteiger partial charge is 0.399 e. The topological polar surface area (TPSA) is 42.2 Å². The molecule has 0 bridgehead atoms. The number of rotatable bonds is 3. The van der Waals surface area contributed by atoms with Crippen LogP contribution < -0.4 is 10.6 Å². The van der Waals surface area contributed by atoms with Gasteiger partial charge in [0.15, 0.2) is 0 Å². The highest BCUT2D eigenvalue weighted by molar-refractivity contribution is 9.10. The minimum Gasteiger partial charge on any atom is -0.399 e. The molecule has 4 heteroatoms. The highest BCUT2D eigenvalue weighted by Crippen LogP contribution is 2.24. The van der Waals surface area contributed by atoms with E-state index in [1.54, 1.807) is 0 Å². The number of pyridine rings is 1. The van der Waals surface area contributed by atoms with E-state index in [0.717, 1.165) is 28.1 Å². The third kappa shape index (κ3) is 3.01. The molecule has 0 fully saturated rings. The standard InChI is InChI=1S/C14H16BrN3/c1-10-6-13(15)14(17-8-10)18(2)9-11-4-3-5-12(16)7-11/h3-8H,9,16H2,1-2H3. The van der Waals surface area contributed by atoms with E-state index < -0.39 is 0 Å². The van der Waals surface area contributed by atoms with Crippen molar-refractivity contribution in [2.24, 2.45) is 0 Å². The number of benzene rings is 1. The molecule has 94 valence electrons. The molecule has 1 aromatic heterocycles. The molecule has 0 aliphatic carbocycles. The molecule has 0 aliphatic rings. The van der Waals surface area contributed by atoms with Crippen molar-refractivity contribution in [3.63, 3.8) is 0 Å². The first-order valence-electron chi connectivity index (χ1n) is 5.74. The Hall–Kier alpha value is -1.55. The smallest absolute Gasteiger partial charge is 0.142 e. The molecule has 0 unspecified atom stereocenters. The second-order valence-electron chi connectivity index (χ2n) is 4.42. The molecule has 18 heavy (non-hydrogen) atoms. The average molecular weight is 306 g/mol. The third-order valence-corrected chi connectivity index (χ3v) is 3.27. The first-order valence-corrected chi connectivity index (χ1v) is 6.53. The van der Waals surface area contributed by atoms with Gasteiger partial charge in [0, 0.05) is 25.5 Å². The summed E-state index contributed by atoms with van der Waals surface area (Å²) < 4.78 is 1.01. The van der Waals surface area contributed by atoms with E-state index in [2.05, 4.69) is 37.9 Å². The predicted molar refractivity (Wildman–Crippen MR) is 79.6 cm³/mol. The van der Waals surface area contributed by atoms with Gasteiger partial charge in [0.25, 0.3) is 0 Å². The number of halogens is 1. The van der Waals surface area contributed by atoms with Crippen LogP contribution in [0.15, 0.2) is 41.0 Å². The van der Waals surface area contributed by atoms with Crippen LogP contribution in [0.3, 0.4) is 0 Å². The second kappa shape index (κ2) is 5.40. The van der Waals surface area contributed by atoms with Crippen molar-refractivity contribution in [3.05, 3.63) is 52.1 Å². The highest BCUT2D eigenvalue weighted by atomic mass is 79.9. The number of aryl methyl sites for hydroxylation is 1. The summed E-state index contributed by atoms with van der Waals surface area (Å²) in [4.78, 5) is 6.54. The fourth-order valence-electron chi connectivity index (χ4n) is 1.85. The zero-order chi connectivity index (χ0) is 13.1. The molecule has 0 saturated carbocycles. The van der Waals surface area contributed by atoms with Crippen LogP contribution in [0.4, 0.5) is 11.5 Å². The molecule has 2 aromatic rings. The van der Waals surface area contributed by atoms with Crippen LogP contribution in [0.1, 0.15) is 11.1 Å². The number of nitrogen functional groups attached to an aromatic ring is 1. The van der Waals surface area contributed by atoms with Gasteiger partial charge >= 0.3 is 0 Å². The minimum absolute atomic E-state index is 0.777. The molecular formula is C14H16BrN3. The lowest BCUT2D eigenvalue weighted by molar-refractivity contribution is 0.893. The van der Waals surface area contributed by atoms with E-state index in [4.69, 9.17) is 5.73 Å². The summed E-state index contributed by atoms with van der Waals surface area (Å²) in [5.74, 6) is 0.933. The lowest BCUT2D eigenvalue weighted by Gasteiger charge is -2.20. The maximum atomic E-state index is 5.78. The fraction of sp³-hybridized carbons (Fsp3) is 0.214. The van der Waals surface area contributed by atoms with Crippen LogP contribution in [0.25, 0.3) is 0 Å². The van der Waals surface area contributed by atoms with Crippen LogP contribution in [0.5, 0.6) is 0 Å². The van der Waals surface area contributed by atoms with Crippen LogP contribution in [0.2, 0.25) is 0 Å². The summed E-state index contributed by atoms with van der Waals surface area (Å²) in [6.45, 7) is 2.80. The molecule has 3 nitrogen and oxygen atoms in total. The van der Waals surface area contributed by atoms with E-state index in [1.165, 1.54) is 5.56 Å². The molecule has 0 aliphatic heterocycles. The van der Waals surface area contributed by atoms with Crippen molar-refractivity contribution < 1.29 is 0 Å². The van der Waals surface area contributed by atoms with Gasteiger partial charge in [-0.1, -0.05) is 12.1 Å². The van der Waals surface area contributed by atoms with Gasteiger partial charge in [-0.3, -0.25) is 0 Å². The molecule has 0 amide bonds. The van der Waals surface area contributed by atoms with Crippen LogP contribution in [0, 0.1) is 6.92 Å². The van der Waals surface area contributed by atoms with Crippen molar-refractivity contribution in [2.45, 2.75) is 13.5 Å². The Morgan fingerprint density at radius 1 is 1.33 bits per heavy atom. The molecule has 2 N–H and O–H groups in total. The van der Waals surface area contributed by atoms with E-state index in [1.807, 2.05) is 38.4 Å². The van der Waals surface area contributed by atoms with Gasteiger partial charge in [0.05, 0.1) is 4.47 Å². The molecule has 0 radical (unpaired) electrons. The van der Waals surface area contributed by atoms with Crippen molar-refractivity contribution in [2.75, 3.05) is 17.7 Å². The molecule has 2 rings (SSSR count). The van der Waals surface area contributed by atoms with Crippen molar-refractivity contribution in [3.8, 4) is 0 Å². The van der Waals surface area contributed by atoms with E-state index in [0.29, 0.717) is 0 Å². The molecule has 1 aromatic carbocycles. The zero-order valence-corrected chi connectivity index (χ0v) is 12.1. The zero-order valence-electron chi connectivity index (χ0n) is 10.5. The van der Waals surface area contributed by atoms with Crippen molar-refractivity contribution in [1.29, 1.82) is 0 Å². The van der Waals surface area contributed by atoms with Gasteiger partial charge in [-0.05, 0) is 52.2 Å². The van der Waals surface area contributed by atoms with Gasteiger partial charge in [-0.25, -0.2) is 4.98 Å². The summed E-state index contributed by atoms with van der Waals surface area (Å²) in [5.41, 5.74) is 8.88. The first-order chi connectivity index (χ1) is 8.56. The Labute approximate surface area is 116 Å². The summed E-state index contributed by atoms with van der Waals surface area (Å²) in [6, 6.07) is 9.98. The third-order valence-electron chi connectivity index (χ3n) is 2.69. The SMILES string of the molecule is Cc1cnc(N(C)Cc2cccc(N)c2)c(Br)c1. The number of hydrogen-bond donors (Lipinski definition) is 1. The Morgan fingerprint density at radius 3 is 2.78 bits per heavy atom. The highest BCUT2D eigenvalue weighted by Gasteiger charge is 2.08. The molecular weight excluding hydrogens is 290 g/mol. The number of hydrogen-bond acceptors (Lipinski definition) is 3. The number of anilines is 2. The molecule has 0 saturated heterocycles. The normalized spacial score (nSPS) is 10.4. The Morgan fingerprint density at radius 2 is 2.11 bits per heavy atom. The van der Waals surface area contributed by atoms with Gasteiger partial charge < -0.3 is 10.6 Å². The predicted octanol–water partition coefficient (Wildman–Crippen LogP) is 3.37. The maximum Gasteiger partial charge on any atom is 0.142 e. The maximum absolute atomic E-state index is 5.78. The van der Waals surface area contributed by atoms with Gasteiger partial charge in [-0.15, -0.1) is 0 Å². The summed E-state index contributed by atoms with van der Waals surface area (Å²) >= 11 is 3.55. The quantitative estimate of drug-likeness (QED) is 0.884. The fourth-order valence-corrected chi connectivity index (χ4v) is 2.61. The lowest BCUT2D eigenvalue weighted by Crippen LogP contribution is -2.18. The Bertz CT molecular complexity index is 554. The number of nitrogens with zero attached hydrogens (tertiary/aromatic N) is 2. The lowest BCUT2D eigenvalue weighted by atomic mass is 10.2. The Balaban J connectivity index is 2.19. The molecule has 1 heterocycles. The molecule has 0 spiro atoms. The summed E-state index contributed by atoms with van der Waals surface area (Å²) in [7, 11) is 2.02. The van der Waals surface area contributed by atoms with Crippen LogP contribution in [-0.2, 0) is 6.54 Å². The monoisotopic (exact) mass is 305 g/mol. The van der Waals surface area contributed by atoms with E-state index in [-0.39, 0.29) is 0 Å². The summed E-state index contributed by atoms with van der Waals surface area (Å²) in [5, 5.41) is 0. The Kier molecular flexibility index (Phi) is 3.87. The van der Waals surface area contributed by atoms with Gasteiger partial charge in [0.2, 0.25) is 0 Å². The number of nitrogens with two attached hydrogens (primary N) is 1. The van der Waals surface area contributed by atoms with Crippen molar-refractivity contribution in [1.82, 2.24) is 4.98 Å². The van der Waals surface area contributed by atoms with Crippen molar-refractivity contribution >= 4 is 27.4 Å². The average Bonchev–Trinajstić information content (AvgIpc) is 2.28. The van der Waals surface area contributed by atoms with Crippen LogP contribution in [-0.4, -0.2) is 12.0 Å². The van der Waals surface area contributed by atoms with Gasteiger partial charge in [-0.2, -0.15) is 0 Å². The van der Waals surface area contributed by atoms with E-state index in [9.17, 15) is 0 Å². The van der Waals surface area contributed by atoms with Gasteiger partial charge in [0.1, 0.15) is 5.82 Å². The first kappa shape index (κ1) is 12.9. The second-order valence-corrected chi connectivity index (χ2v) is 5.27.